The Labute approximate surface area is 128 Å². The Morgan fingerprint density at radius 3 is 2.55 bits per heavy atom. The molecule has 0 aliphatic heterocycles. The minimum absolute atomic E-state index is 0.0775. The summed E-state index contributed by atoms with van der Waals surface area (Å²) >= 11 is 0. The number of hydrogen-bond donors (Lipinski definition) is 2. The third-order valence-electron chi connectivity index (χ3n) is 2.79. The zero-order chi connectivity index (χ0) is 16.7. The molecule has 7 heteroatoms. The maximum absolute atomic E-state index is 13.5. The molecule has 5 nitrogen and oxygen atoms in total. The molecule has 0 fully saturated rings. The number of urea groups is 1. The van der Waals surface area contributed by atoms with E-state index in [1.807, 2.05) is 13.8 Å². The largest absolute Gasteiger partial charge is 0.338 e. The highest BCUT2D eigenvalue weighted by Crippen LogP contribution is 2.11. The highest BCUT2D eigenvalue weighted by Gasteiger charge is 2.12. The highest BCUT2D eigenvalue weighted by atomic mass is 19.1. The quantitative estimate of drug-likeness (QED) is 0.843. The molecule has 22 heavy (non-hydrogen) atoms. The first-order valence-electron chi connectivity index (χ1n) is 6.98. The lowest BCUT2D eigenvalue weighted by atomic mass is 10.2. The molecule has 1 rings (SSSR count). The van der Waals surface area contributed by atoms with Crippen molar-refractivity contribution in [3.05, 3.63) is 35.4 Å². The first-order chi connectivity index (χ1) is 10.3. The minimum atomic E-state index is -0.665. The SMILES string of the molecule is CC(C)CNC(=O)NC(=O)CN(C)Cc1ccc(F)cc1F. The van der Waals surface area contributed by atoms with Crippen LogP contribution in [-0.2, 0) is 11.3 Å². The molecule has 0 spiro atoms. The number of halogens is 2. The van der Waals surface area contributed by atoms with Crippen LogP contribution in [0.1, 0.15) is 19.4 Å². The van der Waals surface area contributed by atoms with Crippen LogP contribution >= 0.6 is 0 Å². The fourth-order valence-electron chi connectivity index (χ4n) is 1.75. The summed E-state index contributed by atoms with van der Waals surface area (Å²) in [5, 5.41) is 4.75. The number of hydrogen-bond acceptors (Lipinski definition) is 3. The zero-order valence-electron chi connectivity index (χ0n) is 13.0. The van der Waals surface area contributed by atoms with Crippen molar-refractivity contribution in [2.24, 2.45) is 5.92 Å². The van der Waals surface area contributed by atoms with Gasteiger partial charge in [-0.1, -0.05) is 19.9 Å². The van der Waals surface area contributed by atoms with Crippen molar-refractivity contribution >= 4 is 11.9 Å². The average Bonchev–Trinajstić information content (AvgIpc) is 2.39. The van der Waals surface area contributed by atoms with Gasteiger partial charge in [0, 0.05) is 24.7 Å². The van der Waals surface area contributed by atoms with Crippen LogP contribution in [0.4, 0.5) is 13.6 Å². The Hall–Kier alpha value is -2.02. The summed E-state index contributed by atoms with van der Waals surface area (Å²) in [5.41, 5.74) is 0.279. The van der Waals surface area contributed by atoms with Gasteiger partial charge >= 0.3 is 6.03 Å². The molecule has 0 aliphatic carbocycles. The molecule has 0 bridgehead atoms. The van der Waals surface area contributed by atoms with Gasteiger partial charge in [0.15, 0.2) is 0 Å². The molecule has 2 N–H and O–H groups in total. The second-order valence-corrected chi connectivity index (χ2v) is 5.56. The Kier molecular flexibility index (Phi) is 6.91. The summed E-state index contributed by atoms with van der Waals surface area (Å²) in [4.78, 5) is 24.6. The van der Waals surface area contributed by atoms with Gasteiger partial charge in [0.05, 0.1) is 6.54 Å². The number of carbonyl (C=O) groups excluding carboxylic acids is 2. The van der Waals surface area contributed by atoms with Crippen LogP contribution in [-0.4, -0.2) is 37.0 Å². The van der Waals surface area contributed by atoms with E-state index in [1.165, 1.54) is 11.0 Å². The van der Waals surface area contributed by atoms with Gasteiger partial charge in [-0.25, -0.2) is 13.6 Å². The van der Waals surface area contributed by atoms with Crippen LogP contribution in [0.3, 0.4) is 0 Å². The fraction of sp³-hybridized carbons (Fsp3) is 0.467. The lowest BCUT2D eigenvalue weighted by Crippen LogP contribution is -2.44. The standard InChI is InChI=1S/C15H21F2N3O2/c1-10(2)7-18-15(22)19-14(21)9-20(3)8-11-4-5-12(16)6-13(11)17/h4-6,10H,7-9H2,1-3H3,(H2,18,19,21,22). The van der Waals surface area contributed by atoms with Crippen LogP contribution in [0.25, 0.3) is 0 Å². The molecular formula is C15H21F2N3O2. The number of imide groups is 1. The second kappa shape index (κ2) is 8.43. The number of carbonyl (C=O) groups is 2. The molecule has 1 aromatic carbocycles. The first kappa shape index (κ1) is 18.0. The van der Waals surface area contributed by atoms with Gasteiger partial charge in [-0.15, -0.1) is 0 Å². The van der Waals surface area contributed by atoms with E-state index in [4.69, 9.17) is 0 Å². The van der Waals surface area contributed by atoms with E-state index >= 15 is 0 Å². The number of nitrogens with zero attached hydrogens (tertiary/aromatic N) is 1. The lowest BCUT2D eigenvalue weighted by molar-refractivity contribution is -0.121. The molecule has 122 valence electrons. The lowest BCUT2D eigenvalue weighted by Gasteiger charge is -2.16. The molecule has 0 saturated carbocycles. The third-order valence-corrected chi connectivity index (χ3v) is 2.79. The average molecular weight is 313 g/mol. The van der Waals surface area contributed by atoms with E-state index in [9.17, 15) is 18.4 Å². The predicted octanol–water partition coefficient (Wildman–Crippen LogP) is 1.88. The van der Waals surface area contributed by atoms with Gasteiger partial charge in [-0.05, 0) is 19.0 Å². The molecular weight excluding hydrogens is 292 g/mol. The summed E-state index contributed by atoms with van der Waals surface area (Å²) in [5.74, 6) is -1.53. The fourth-order valence-corrected chi connectivity index (χ4v) is 1.75. The molecule has 0 unspecified atom stereocenters. The maximum Gasteiger partial charge on any atom is 0.321 e. The summed E-state index contributed by atoms with van der Waals surface area (Å²) in [7, 11) is 1.61. The Balaban J connectivity index is 2.42. The van der Waals surface area contributed by atoms with Crippen molar-refractivity contribution in [2.45, 2.75) is 20.4 Å². The van der Waals surface area contributed by atoms with E-state index in [-0.39, 0.29) is 24.6 Å². The van der Waals surface area contributed by atoms with Gasteiger partial charge in [-0.3, -0.25) is 15.0 Å². The molecule has 0 aromatic heterocycles. The second-order valence-electron chi connectivity index (χ2n) is 5.56. The smallest absolute Gasteiger partial charge is 0.321 e. The summed E-state index contributed by atoms with van der Waals surface area (Å²) < 4.78 is 26.3. The van der Waals surface area contributed by atoms with Crippen molar-refractivity contribution in [2.75, 3.05) is 20.1 Å². The van der Waals surface area contributed by atoms with E-state index in [0.717, 1.165) is 12.1 Å². The third kappa shape index (κ3) is 6.62. The van der Waals surface area contributed by atoms with Gasteiger partial charge in [0.1, 0.15) is 11.6 Å². The van der Waals surface area contributed by atoms with Gasteiger partial charge in [0.2, 0.25) is 5.91 Å². The molecule has 0 heterocycles. The molecule has 0 radical (unpaired) electrons. The van der Waals surface area contributed by atoms with Crippen molar-refractivity contribution in [1.82, 2.24) is 15.5 Å². The van der Waals surface area contributed by atoms with E-state index in [1.54, 1.807) is 7.05 Å². The predicted molar refractivity (Wildman–Crippen MR) is 79.1 cm³/mol. The topological polar surface area (TPSA) is 61.4 Å². The summed E-state index contributed by atoms with van der Waals surface area (Å²) in [6.07, 6.45) is 0. The zero-order valence-corrected chi connectivity index (χ0v) is 13.0. The van der Waals surface area contributed by atoms with Gasteiger partial charge < -0.3 is 5.32 Å². The molecule has 1 aromatic rings. The Bertz CT molecular complexity index is 536. The summed E-state index contributed by atoms with van der Waals surface area (Å²) in [6, 6.07) is 2.72. The van der Waals surface area contributed by atoms with Crippen molar-refractivity contribution in [3.8, 4) is 0 Å². The van der Waals surface area contributed by atoms with Crippen LogP contribution in [0, 0.1) is 17.6 Å². The number of rotatable bonds is 6. The normalized spacial score (nSPS) is 10.9. The van der Waals surface area contributed by atoms with Crippen LogP contribution in [0.2, 0.25) is 0 Å². The number of amides is 3. The first-order valence-corrected chi connectivity index (χ1v) is 6.98. The maximum atomic E-state index is 13.5. The van der Waals surface area contributed by atoms with Crippen LogP contribution in [0.5, 0.6) is 0 Å². The van der Waals surface area contributed by atoms with Crippen molar-refractivity contribution in [3.63, 3.8) is 0 Å². The minimum Gasteiger partial charge on any atom is -0.338 e. The van der Waals surface area contributed by atoms with Gasteiger partial charge in [0.25, 0.3) is 0 Å². The Morgan fingerprint density at radius 2 is 1.95 bits per heavy atom. The molecule has 0 saturated heterocycles. The van der Waals surface area contributed by atoms with Gasteiger partial charge in [-0.2, -0.15) is 0 Å². The highest BCUT2D eigenvalue weighted by molar-refractivity contribution is 5.95. The van der Waals surface area contributed by atoms with Crippen LogP contribution < -0.4 is 10.6 Å². The van der Waals surface area contributed by atoms with E-state index in [0.29, 0.717) is 6.54 Å². The number of nitrogens with one attached hydrogen (secondary N) is 2. The van der Waals surface area contributed by atoms with E-state index < -0.39 is 23.6 Å². The van der Waals surface area contributed by atoms with Crippen molar-refractivity contribution in [1.29, 1.82) is 0 Å². The molecule has 0 aliphatic rings. The van der Waals surface area contributed by atoms with Crippen molar-refractivity contribution < 1.29 is 18.4 Å². The summed E-state index contributed by atoms with van der Waals surface area (Å²) in [6.45, 7) is 4.40. The molecule has 3 amide bonds. The molecule has 0 atom stereocenters. The monoisotopic (exact) mass is 313 g/mol. The van der Waals surface area contributed by atoms with Crippen LogP contribution in [0.15, 0.2) is 18.2 Å². The number of likely N-dealkylation sites (N-methyl/N-ethyl adjacent to an activating group) is 1. The Morgan fingerprint density at radius 1 is 1.27 bits per heavy atom. The number of benzene rings is 1. The van der Waals surface area contributed by atoms with E-state index in [2.05, 4.69) is 10.6 Å².